The van der Waals surface area contributed by atoms with Gasteiger partial charge < -0.3 is 24.8 Å². The first kappa shape index (κ1) is 24.0. The Morgan fingerprint density at radius 2 is 1.94 bits per heavy atom. The Bertz CT molecular complexity index is 1210. The quantitative estimate of drug-likeness (QED) is 0.293. The number of morpholine rings is 1. The third kappa shape index (κ3) is 5.85. The van der Waals surface area contributed by atoms with E-state index in [-0.39, 0.29) is 17.4 Å². The molecule has 2 aromatic carbocycles. The topological polar surface area (TPSA) is 117 Å². The van der Waals surface area contributed by atoms with Crippen LogP contribution in [0.3, 0.4) is 0 Å². The van der Waals surface area contributed by atoms with E-state index in [4.69, 9.17) is 21.1 Å². The molecule has 12 heteroatoms. The lowest BCUT2D eigenvalue weighted by Crippen LogP contribution is -2.37. The minimum absolute atomic E-state index is 0.0753. The van der Waals surface area contributed by atoms with Crippen molar-refractivity contribution in [1.29, 1.82) is 0 Å². The molecule has 0 atom stereocenters. The molecule has 0 saturated carbocycles. The Balaban J connectivity index is 1.61. The summed E-state index contributed by atoms with van der Waals surface area (Å²) in [6, 6.07) is 9.02. The zero-order chi connectivity index (χ0) is 24.1. The summed E-state index contributed by atoms with van der Waals surface area (Å²) in [4.78, 5) is 15.5. The number of halogens is 2. The molecule has 0 aliphatic carbocycles. The van der Waals surface area contributed by atoms with Crippen LogP contribution < -0.4 is 20.4 Å². The molecule has 0 amide bonds. The average Bonchev–Trinajstić information content (AvgIpc) is 2.83. The molecule has 1 aromatic heterocycles. The molecule has 1 fully saturated rings. The zero-order valence-electron chi connectivity index (χ0n) is 18.5. The van der Waals surface area contributed by atoms with Crippen molar-refractivity contribution in [1.82, 2.24) is 15.0 Å². The van der Waals surface area contributed by atoms with E-state index in [2.05, 4.69) is 46.7 Å². The maximum Gasteiger partial charge on any atom is 0.250 e. The van der Waals surface area contributed by atoms with Crippen LogP contribution in [-0.4, -0.2) is 59.7 Å². The summed E-state index contributed by atoms with van der Waals surface area (Å²) >= 11 is 9.66. The van der Waals surface area contributed by atoms with Crippen molar-refractivity contribution in [3.63, 3.8) is 0 Å². The second-order valence-electron chi connectivity index (χ2n) is 7.41. The van der Waals surface area contributed by atoms with Gasteiger partial charge in [-0.1, -0.05) is 17.7 Å². The number of hydrogen-bond acceptors (Lipinski definition) is 10. The summed E-state index contributed by atoms with van der Waals surface area (Å²) in [7, 11) is 1.45. The molecule has 1 saturated heterocycles. The summed E-state index contributed by atoms with van der Waals surface area (Å²) < 4.78 is 11.5. The van der Waals surface area contributed by atoms with Crippen LogP contribution in [-0.2, 0) is 4.74 Å². The molecule has 1 aliphatic heterocycles. The summed E-state index contributed by atoms with van der Waals surface area (Å²) in [5.41, 5.74) is 5.13. The van der Waals surface area contributed by atoms with Crippen LogP contribution in [0.25, 0.3) is 0 Å². The predicted molar refractivity (Wildman–Crippen MR) is 136 cm³/mol. The molecule has 34 heavy (non-hydrogen) atoms. The number of aromatic hydroxyl groups is 1. The van der Waals surface area contributed by atoms with Gasteiger partial charge in [-0.05, 0) is 46.6 Å². The molecule has 10 nitrogen and oxygen atoms in total. The van der Waals surface area contributed by atoms with Gasteiger partial charge >= 0.3 is 0 Å². The summed E-state index contributed by atoms with van der Waals surface area (Å²) in [6.45, 7) is 4.53. The first-order chi connectivity index (χ1) is 16.4. The van der Waals surface area contributed by atoms with Gasteiger partial charge in [0.15, 0.2) is 11.5 Å². The van der Waals surface area contributed by atoms with Crippen molar-refractivity contribution >= 4 is 57.3 Å². The van der Waals surface area contributed by atoms with Gasteiger partial charge in [0.05, 0.1) is 32.2 Å². The van der Waals surface area contributed by atoms with Gasteiger partial charge in [-0.2, -0.15) is 20.1 Å². The second kappa shape index (κ2) is 10.9. The smallest absolute Gasteiger partial charge is 0.250 e. The fourth-order valence-corrected chi connectivity index (χ4v) is 4.03. The molecular formula is C22H23BrClN7O3. The minimum Gasteiger partial charge on any atom is -0.504 e. The number of anilines is 4. The number of hydrogen-bond donors (Lipinski definition) is 3. The molecule has 1 aliphatic rings. The molecule has 2 heterocycles. The van der Waals surface area contributed by atoms with Crippen LogP contribution in [0.1, 0.15) is 11.1 Å². The number of methoxy groups -OCH3 is 1. The van der Waals surface area contributed by atoms with Crippen LogP contribution in [0.2, 0.25) is 5.02 Å². The summed E-state index contributed by atoms with van der Waals surface area (Å²) in [5, 5.41) is 18.1. The third-order valence-corrected chi connectivity index (χ3v) is 5.82. The molecule has 0 bridgehead atoms. The maximum absolute atomic E-state index is 10.3. The van der Waals surface area contributed by atoms with Crippen molar-refractivity contribution in [2.24, 2.45) is 5.10 Å². The highest BCUT2D eigenvalue weighted by atomic mass is 79.9. The van der Waals surface area contributed by atoms with E-state index >= 15 is 0 Å². The molecule has 0 radical (unpaired) electrons. The van der Waals surface area contributed by atoms with Gasteiger partial charge in [-0.25, -0.2) is 5.43 Å². The van der Waals surface area contributed by atoms with Crippen LogP contribution in [0.4, 0.5) is 23.5 Å². The molecule has 3 N–H and O–H groups in total. The lowest BCUT2D eigenvalue weighted by molar-refractivity contribution is 0.122. The Morgan fingerprint density at radius 3 is 2.68 bits per heavy atom. The fraction of sp³-hybridized carbons (Fsp3) is 0.273. The number of benzene rings is 2. The average molecular weight is 549 g/mol. The first-order valence-corrected chi connectivity index (χ1v) is 11.6. The van der Waals surface area contributed by atoms with E-state index in [1.54, 1.807) is 6.07 Å². The number of phenolic OH excluding ortho intramolecular Hbond substituents is 1. The number of ether oxygens (including phenoxy) is 2. The Kier molecular flexibility index (Phi) is 7.66. The standard InChI is InChI=1S/C22H23BrClN7O3/c1-13-3-4-17(16(23)9-13)26-20-27-21(29-22(28-20)31-5-7-34-8-6-31)30-25-12-14-10-15(24)11-18(33-2)19(14)32/h3-4,9-12,32H,5-8H2,1-2H3,(H2,26,27,28,29,30)/b25-12+. The third-order valence-electron chi connectivity index (χ3n) is 4.95. The zero-order valence-corrected chi connectivity index (χ0v) is 20.9. The molecule has 178 valence electrons. The van der Waals surface area contributed by atoms with E-state index in [0.29, 0.717) is 48.8 Å². The number of nitrogens with one attached hydrogen (secondary N) is 2. The molecule has 0 unspecified atom stereocenters. The van der Waals surface area contributed by atoms with Gasteiger partial charge in [0.1, 0.15) is 0 Å². The van der Waals surface area contributed by atoms with Crippen molar-refractivity contribution < 1.29 is 14.6 Å². The first-order valence-electron chi connectivity index (χ1n) is 10.4. The van der Waals surface area contributed by atoms with Crippen molar-refractivity contribution in [3.8, 4) is 11.5 Å². The summed E-state index contributed by atoms with van der Waals surface area (Å²) in [6.07, 6.45) is 1.41. The van der Waals surface area contributed by atoms with Crippen LogP contribution in [0.5, 0.6) is 11.5 Å². The fourth-order valence-electron chi connectivity index (χ4n) is 3.23. The van der Waals surface area contributed by atoms with Gasteiger partial charge in [0.25, 0.3) is 0 Å². The highest BCUT2D eigenvalue weighted by molar-refractivity contribution is 9.10. The van der Waals surface area contributed by atoms with E-state index in [1.807, 2.05) is 30.0 Å². The lowest BCUT2D eigenvalue weighted by Gasteiger charge is -2.27. The normalized spacial score (nSPS) is 13.8. The molecular weight excluding hydrogens is 526 g/mol. The van der Waals surface area contributed by atoms with Gasteiger partial charge in [-0.15, -0.1) is 0 Å². The largest absolute Gasteiger partial charge is 0.504 e. The van der Waals surface area contributed by atoms with E-state index in [1.165, 1.54) is 19.4 Å². The highest BCUT2D eigenvalue weighted by Gasteiger charge is 2.17. The molecule has 4 rings (SSSR count). The molecule has 0 spiro atoms. The number of hydrazone groups is 1. The number of rotatable bonds is 7. The predicted octanol–water partition coefficient (Wildman–Crippen LogP) is 4.34. The number of aryl methyl sites for hydroxylation is 1. The maximum atomic E-state index is 10.3. The van der Waals surface area contributed by atoms with Gasteiger partial charge in [-0.3, -0.25) is 0 Å². The number of aromatic nitrogens is 3. The number of phenols is 1. The van der Waals surface area contributed by atoms with Crippen LogP contribution >= 0.6 is 27.5 Å². The second-order valence-corrected chi connectivity index (χ2v) is 8.70. The minimum atomic E-state index is -0.0753. The van der Waals surface area contributed by atoms with Crippen LogP contribution in [0.15, 0.2) is 39.9 Å². The van der Waals surface area contributed by atoms with E-state index in [0.717, 1.165) is 15.7 Å². The van der Waals surface area contributed by atoms with Gasteiger partial charge in [0.2, 0.25) is 17.8 Å². The van der Waals surface area contributed by atoms with Crippen molar-refractivity contribution in [3.05, 3.63) is 51.0 Å². The van der Waals surface area contributed by atoms with Crippen molar-refractivity contribution in [2.45, 2.75) is 6.92 Å². The monoisotopic (exact) mass is 547 g/mol. The Hall–Kier alpha value is -3.15. The van der Waals surface area contributed by atoms with E-state index < -0.39 is 0 Å². The molecule has 3 aromatic rings. The summed E-state index contributed by atoms with van der Waals surface area (Å²) in [5.74, 6) is 1.25. The lowest BCUT2D eigenvalue weighted by atomic mass is 10.2. The van der Waals surface area contributed by atoms with E-state index in [9.17, 15) is 5.11 Å². The highest BCUT2D eigenvalue weighted by Crippen LogP contribution is 2.32. The Labute approximate surface area is 210 Å². The van der Waals surface area contributed by atoms with Gasteiger partial charge in [0, 0.05) is 34.2 Å². The van der Waals surface area contributed by atoms with Crippen molar-refractivity contribution in [2.75, 3.05) is 49.1 Å². The van der Waals surface area contributed by atoms with Crippen LogP contribution in [0, 0.1) is 6.92 Å². The Morgan fingerprint density at radius 1 is 1.18 bits per heavy atom. The SMILES string of the molecule is COc1cc(Cl)cc(/C=N/Nc2nc(Nc3ccc(C)cc3Br)nc(N3CCOCC3)n2)c1O. The number of nitrogens with zero attached hydrogens (tertiary/aromatic N) is 5.